The average molecular weight is 292 g/mol. The summed E-state index contributed by atoms with van der Waals surface area (Å²) in [5.74, 6) is 0.872. The zero-order valence-corrected chi connectivity index (χ0v) is 12.3. The van der Waals surface area contributed by atoms with E-state index in [-0.39, 0.29) is 11.4 Å². The monoisotopic (exact) mass is 291 g/mol. The molecule has 0 aliphatic carbocycles. The largest absolute Gasteiger partial charge is 0.303 e. The van der Waals surface area contributed by atoms with Crippen LogP contribution in [0.5, 0.6) is 0 Å². The standard InChI is InChI=1S/C14H14ClN3S/c1-9(15)13-17-11-5-3-7-16-14(11)18(13)10(2)12-6-4-8-19-12/h3-10H,1-2H3. The lowest BCUT2D eigenvalue weighted by Crippen LogP contribution is -2.10. The molecule has 0 radical (unpaired) electrons. The zero-order chi connectivity index (χ0) is 13.4. The minimum atomic E-state index is -0.142. The van der Waals surface area contributed by atoms with Crippen molar-refractivity contribution in [3.8, 4) is 0 Å². The quantitative estimate of drug-likeness (QED) is 0.670. The third-order valence-electron chi connectivity index (χ3n) is 3.17. The van der Waals surface area contributed by atoms with E-state index in [4.69, 9.17) is 11.6 Å². The van der Waals surface area contributed by atoms with Gasteiger partial charge in [0.1, 0.15) is 11.3 Å². The lowest BCUT2D eigenvalue weighted by Gasteiger charge is -2.16. The summed E-state index contributed by atoms with van der Waals surface area (Å²) in [5.41, 5.74) is 1.79. The Morgan fingerprint density at radius 2 is 2.11 bits per heavy atom. The molecule has 3 rings (SSSR count). The molecule has 0 saturated carbocycles. The number of pyridine rings is 1. The van der Waals surface area contributed by atoms with Crippen LogP contribution in [-0.4, -0.2) is 14.5 Å². The van der Waals surface area contributed by atoms with Gasteiger partial charge in [-0.3, -0.25) is 0 Å². The molecule has 0 aliphatic heterocycles. The second-order valence-corrected chi connectivity index (χ2v) is 6.13. The van der Waals surface area contributed by atoms with Crippen molar-refractivity contribution in [2.24, 2.45) is 0 Å². The molecule has 5 heteroatoms. The van der Waals surface area contributed by atoms with Gasteiger partial charge in [0, 0.05) is 11.1 Å². The van der Waals surface area contributed by atoms with Crippen molar-refractivity contribution in [1.82, 2.24) is 14.5 Å². The topological polar surface area (TPSA) is 30.7 Å². The van der Waals surface area contributed by atoms with Gasteiger partial charge in [-0.25, -0.2) is 9.97 Å². The van der Waals surface area contributed by atoms with E-state index >= 15 is 0 Å². The van der Waals surface area contributed by atoms with Gasteiger partial charge in [-0.2, -0.15) is 0 Å². The van der Waals surface area contributed by atoms with E-state index in [1.165, 1.54) is 4.88 Å². The van der Waals surface area contributed by atoms with Crippen LogP contribution in [0.4, 0.5) is 0 Å². The Morgan fingerprint density at radius 3 is 2.79 bits per heavy atom. The molecule has 0 N–H and O–H groups in total. The van der Waals surface area contributed by atoms with Gasteiger partial charge in [0.2, 0.25) is 0 Å². The van der Waals surface area contributed by atoms with E-state index in [1.54, 1.807) is 17.5 Å². The summed E-state index contributed by atoms with van der Waals surface area (Å²) in [5, 5.41) is 1.94. The van der Waals surface area contributed by atoms with Gasteiger partial charge in [-0.15, -0.1) is 22.9 Å². The first kappa shape index (κ1) is 12.6. The second-order valence-electron chi connectivity index (χ2n) is 4.49. The fraction of sp³-hybridized carbons (Fsp3) is 0.286. The van der Waals surface area contributed by atoms with Gasteiger partial charge >= 0.3 is 0 Å². The highest BCUT2D eigenvalue weighted by Gasteiger charge is 2.21. The third kappa shape index (κ3) is 2.15. The Balaban J connectivity index is 2.23. The minimum absolute atomic E-state index is 0.142. The molecule has 3 heterocycles. The maximum absolute atomic E-state index is 6.28. The van der Waals surface area contributed by atoms with E-state index in [9.17, 15) is 0 Å². The predicted molar refractivity (Wildman–Crippen MR) is 79.9 cm³/mol. The molecule has 2 atom stereocenters. The summed E-state index contributed by atoms with van der Waals surface area (Å²) in [7, 11) is 0. The summed E-state index contributed by atoms with van der Waals surface area (Å²) in [6.07, 6.45) is 1.80. The first-order valence-electron chi connectivity index (χ1n) is 6.19. The number of imidazole rings is 1. The molecular formula is C14H14ClN3S. The van der Waals surface area contributed by atoms with Crippen LogP contribution in [0.2, 0.25) is 0 Å². The summed E-state index contributed by atoms with van der Waals surface area (Å²) in [6.45, 7) is 4.10. The van der Waals surface area contributed by atoms with Crippen molar-refractivity contribution in [2.75, 3.05) is 0 Å². The van der Waals surface area contributed by atoms with Crippen molar-refractivity contribution < 1.29 is 0 Å². The molecule has 19 heavy (non-hydrogen) atoms. The lowest BCUT2D eigenvalue weighted by molar-refractivity contribution is 0.623. The highest BCUT2D eigenvalue weighted by atomic mass is 35.5. The molecule has 0 fully saturated rings. The van der Waals surface area contributed by atoms with Crippen LogP contribution < -0.4 is 0 Å². The number of hydrogen-bond donors (Lipinski definition) is 0. The molecule has 0 spiro atoms. The molecule has 98 valence electrons. The van der Waals surface area contributed by atoms with Gasteiger partial charge in [-0.1, -0.05) is 6.07 Å². The number of rotatable bonds is 3. The molecule has 3 aromatic rings. The van der Waals surface area contributed by atoms with Gasteiger partial charge in [0.15, 0.2) is 5.65 Å². The Bertz CT molecular complexity index is 688. The average Bonchev–Trinajstić information content (AvgIpc) is 3.05. The lowest BCUT2D eigenvalue weighted by atomic mass is 10.2. The first-order chi connectivity index (χ1) is 9.18. The third-order valence-corrected chi connectivity index (χ3v) is 4.41. The number of nitrogens with zero attached hydrogens (tertiary/aromatic N) is 3. The molecule has 0 amide bonds. The number of halogens is 1. The summed E-state index contributed by atoms with van der Waals surface area (Å²) < 4.78 is 2.14. The number of thiophene rings is 1. The number of fused-ring (bicyclic) bond motifs is 1. The van der Waals surface area contributed by atoms with Crippen molar-refractivity contribution in [3.63, 3.8) is 0 Å². The van der Waals surface area contributed by atoms with Crippen LogP contribution in [-0.2, 0) is 0 Å². The number of hydrogen-bond acceptors (Lipinski definition) is 3. The second kappa shape index (κ2) is 4.94. The van der Waals surface area contributed by atoms with E-state index in [0.717, 1.165) is 17.0 Å². The van der Waals surface area contributed by atoms with Gasteiger partial charge in [0.25, 0.3) is 0 Å². The minimum Gasteiger partial charge on any atom is -0.303 e. The molecule has 2 unspecified atom stereocenters. The van der Waals surface area contributed by atoms with E-state index in [1.807, 2.05) is 19.1 Å². The Hall–Kier alpha value is -1.39. The molecule has 0 saturated heterocycles. The number of alkyl halides is 1. The SMILES string of the molecule is CC(Cl)c1nc2cccnc2n1C(C)c1cccs1. The van der Waals surface area contributed by atoms with Gasteiger partial charge in [0.05, 0.1) is 11.4 Å². The predicted octanol–water partition coefficient (Wildman–Crippen LogP) is 4.40. The molecule has 0 bridgehead atoms. The molecule has 0 aromatic carbocycles. The first-order valence-corrected chi connectivity index (χ1v) is 7.50. The zero-order valence-electron chi connectivity index (χ0n) is 10.7. The van der Waals surface area contributed by atoms with Crippen LogP contribution in [0.3, 0.4) is 0 Å². The summed E-state index contributed by atoms with van der Waals surface area (Å²) in [6, 6.07) is 8.26. The Kier molecular flexibility index (Phi) is 3.29. The highest BCUT2D eigenvalue weighted by molar-refractivity contribution is 7.10. The van der Waals surface area contributed by atoms with Crippen LogP contribution in [0.15, 0.2) is 35.8 Å². The van der Waals surface area contributed by atoms with Crippen molar-refractivity contribution >= 4 is 34.1 Å². The highest BCUT2D eigenvalue weighted by Crippen LogP contribution is 2.31. The maximum atomic E-state index is 6.28. The van der Waals surface area contributed by atoms with Gasteiger partial charge in [-0.05, 0) is 37.4 Å². The van der Waals surface area contributed by atoms with Crippen molar-refractivity contribution in [3.05, 3.63) is 46.5 Å². The van der Waals surface area contributed by atoms with Crippen LogP contribution >= 0.6 is 22.9 Å². The summed E-state index contributed by atoms with van der Waals surface area (Å²) >= 11 is 8.02. The Labute approximate surface area is 120 Å². The fourth-order valence-electron chi connectivity index (χ4n) is 2.27. The molecule has 3 nitrogen and oxygen atoms in total. The smallest absolute Gasteiger partial charge is 0.160 e. The summed E-state index contributed by atoms with van der Waals surface area (Å²) in [4.78, 5) is 10.4. The molecular weight excluding hydrogens is 278 g/mol. The van der Waals surface area contributed by atoms with Crippen LogP contribution in [0.1, 0.15) is 36.0 Å². The van der Waals surface area contributed by atoms with Crippen molar-refractivity contribution in [2.45, 2.75) is 25.3 Å². The maximum Gasteiger partial charge on any atom is 0.160 e. The Morgan fingerprint density at radius 1 is 1.26 bits per heavy atom. The molecule has 3 aromatic heterocycles. The van der Waals surface area contributed by atoms with E-state index in [2.05, 4.69) is 39.0 Å². The fourth-order valence-corrected chi connectivity index (χ4v) is 3.19. The van der Waals surface area contributed by atoms with E-state index in [0.29, 0.717) is 0 Å². The number of aromatic nitrogens is 3. The van der Waals surface area contributed by atoms with Crippen molar-refractivity contribution in [1.29, 1.82) is 0 Å². The molecule has 0 aliphatic rings. The van der Waals surface area contributed by atoms with Crippen LogP contribution in [0.25, 0.3) is 11.2 Å². The van der Waals surface area contributed by atoms with E-state index < -0.39 is 0 Å². The van der Waals surface area contributed by atoms with Gasteiger partial charge < -0.3 is 4.57 Å². The normalized spacial score (nSPS) is 14.7. The van der Waals surface area contributed by atoms with Crippen LogP contribution in [0, 0.1) is 0 Å².